The van der Waals surface area contributed by atoms with E-state index in [1.54, 1.807) is 25.7 Å². The molecule has 0 aromatic carbocycles. The largest absolute Gasteiger partial charge is 0.0654 e. The minimum absolute atomic E-state index is 0.740. The van der Waals surface area contributed by atoms with Crippen LogP contribution in [0.25, 0.3) is 0 Å². The van der Waals surface area contributed by atoms with Crippen molar-refractivity contribution in [3.63, 3.8) is 0 Å². The summed E-state index contributed by atoms with van der Waals surface area (Å²) in [5.74, 6) is 1.03. The molecular weight excluding hydrogens is 348 g/mol. The molecule has 0 aromatic heterocycles. The van der Waals surface area contributed by atoms with Crippen molar-refractivity contribution in [3.05, 3.63) is 0 Å². The van der Waals surface area contributed by atoms with Gasteiger partial charge in [-0.05, 0) is 37.0 Å². The maximum Gasteiger partial charge on any atom is -0.0295 e. The van der Waals surface area contributed by atoms with Crippen LogP contribution in [0.1, 0.15) is 175 Å². The van der Waals surface area contributed by atoms with E-state index in [1.807, 2.05) is 0 Å². The van der Waals surface area contributed by atoms with Crippen LogP contribution in [0.2, 0.25) is 0 Å². The Labute approximate surface area is 186 Å². The van der Waals surface area contributed by atoms with Gasteiger partial charge < -0.3 is 0 Å². The maximum absolute atomic E-state index is 2.41. The van der Waals surface area contributed by atoms with Crippen LogP contribution in [0.15, 0.2) is 0 Å². The van der Waals surface area contributed by atoms with Gasteiger partial charge in [-0.15, -0.1) is 0 Å². The number of rotatable bonds is 20. The SMILES string of the molecule is CCCCCCCCCCCCCC1(CC(CCC)CCCCC)CCCCC1. The van der Waals surface area contributed by atoms with E-state index in [-0.39, 0.29) is 0 Å². The molecule has 0 amide bonds. The van der Waals surface area contributed by atoms with Crippen LogP contribution in [0.5, 0.6) is 0 Å². The first-order chi connectivity index (χ1) is 14.3. The van der Waals surface area contributed by atoms with Crippen molar-refractivity contribution < 1.29 is 0 Å². The summed E-state index contributed by atoms with van der Waals surface area (Å²) in [4.78, 5) is 0. The van der Waals surface area contributed by atoms with E-state index < -0.39 is 0 Å². The van der Waals surface area contributed by atoms with Gasteiger partial charge in [0.2, 0.25) is 0 Å². The quantitative estimate of drug-likeness (QED) is 0.176. The Hall–Kier alpha value is 0. The second-order valence-corrected chi connectivity index (χ2v) is 10.7. The molecule has 29 heavy (non-hydrogen) atoms. The monoisotopic (exact) mass is 406 g/mol. The summed E-state index contributed by atoms with van der Waals surface area (Å²) in [5, 5.41) is 0. The molecule has 0 heterocycles. The molecule has 1 unspecified atom stereocenters. The van der Waals surface area contributed by atoms with E-state index in [9.17, 15) is 0 Å². The van der Waals surface area contributed by atoms with Crippen LogP contribution in [0.4, 0.5) is 0 Å². The maximum atomic E-state index is 2.41. The zero-order chi connectivity index (χ0) is 21.0. The molecular formula is C29H58. The summed E-state index contributed by atoms with van der Waals surface area (Å²) < 4.78 is 0. The van der Waals surface area contributed by atoms with Gasteiger partial charge in [-0.3, -0.25) is 0 Å². The zero-order valence-corrected chi connectivity index (χ0v) is 21.0. The van der Waals surface area contributed by atoms with Crippen LogP contribution < -0.4 is 0 Å². The lowest BCUT2D eigenvalue weighted by Crippen LogP contribution is -2.27. The first-order valence-corrected chi connectivity index (χ1v) is 14.3. The van der Waals surface area contributed by atoms with Gasteiger partial charge in [-0.25, -0.2) is 0 Å². The molecule has 0 radical (unpaired) electrons. The van der Waals surface area contributed by atoms with E-state index in [1.165, 1.54) is 128 Å². The zero-order valence-electron chi connectivity index (χ0n) is 21.0. The molecule has 0 aliphatic heterocycles. The van der Waals surface area contributed by atoms with Gasteiger partial charge in [0.25, 0.3) is 0 Å². The smallest absolute Gasteiger partial charge is 0.0295 e. The van der Waals surface area contributed by atoms with Crippen LogP contribution in [-0.4, -0.2) is 0 Å². The number of hydrogen-bond donors (Lipinski definition) is 0. The third kappa shape index (κ3) is 13.8. The number of unbranched alkanes of at least 4 members (excludes halogenated alkanes) is 12. The molecule has 0 nitrogen and oxygen atoms in total. The first kappa shape index (κ1) is 27.0. The predicted molar refractivity (Wildman–Crippen MR) is 134 cm³/mol. The van der Waals surface area contributed by atoms with Gasteiger partial charge in [-0.1, -0.05) is 149 Å². The van der Waals surface area contributed by atoms with Gasteiger partial charge in [0.15, 0.2) is 0 Å². The third-order valence-electron chi connectivity index (χ3n) is 7.86. The Morgan fingerprint density at radius 1 is 0.517 bits per heavy atom. The highest BCUT2D eigenvalue weighted by atomic mass is 14.4. The fourth-order valence-electron chi connectivity index (χ4n) is 6.07. The van der Waals surface area contributed by atoms with Crippen molar-refractivity contribution in [3.8, 4) is 0 Å². The molecule has 0 N–H and O–H groups in total. The Morgan fingerprint density at radius 2 is 1.03 bits per heavy atom. The predicted octanol–water partition coefficient (Wildman–Crippen LogP) is 11.0. The van der Waals surface area contributed by atoms with Crippen molar-refractivity contribution in [2.75, 3.05) is 0 Å². The summed E-state index contributed by atoms with van der Waals surface area (Å²) in [6.45, 7) is 7.07. The molecule has 1 fully saturated rings. The summed E-state index contributed by atoms with van der Waals surface area (Å²) in [7, 11) is 0. The Bertz CT molecular complexity index is 325. The fraction of sp³-hybridized carbons (Fsp3) is 1.00. The highest BCUT2D eigenvalue weighted by molar-refractivity contribution is 4.85. The Morgan fingerprint density at radius 3 is 1.59 bits per heavy atom. The molecule has 1 rings (SSSR count). The summed E-state index contributed by atoms with van der Waals surface area (Å²) in [6, 6.07) is 0. The minimum atomic E-state index is 0.740. The van der Waals surface area contributed by atoms with Gasteiger partial charge in [-0.2, -0.15) is 0 Å². The average molecular weight is 407 g/mol. The second-order valence-electron chi connectivity index (χ2n) is 10.7. The molecule has 0 heteroatoms. The fourth-order valence-corrected chi connectivity index (χ4v) is 6.07. The van der Waals surface area contributed by atoms with E-state index in [2.05, 4.69) is 20.8 Å². The lowest BCUT2D eigenvalue weighted by molar-refractivity contribution is 0.116. The van der Waals surface area contributed by atoms with E-state index in [4.69, 9.17) is 0 Å². The Kier molecular flexibility index (Phi) is 17.5. The lowest BCUT2D eigenvalue weighted by Gasteiger charge is -2.40. The van der Waals surface area contributed by atoms with Crippen molar-refractivity contribution in [1.82, 2.24) is 0 Å². The summed E-state index contributed by atoms with van der Waals surface area (Å²) in [5.41, 5.74) is 0.740. The van der Waals surface area contributed by atoms with E-state index >= 15 is 0 Å². The second kappa shape index (κ2) is 18.7. The highest BCUT2D eigenvalue weighted by Gasteiger charge is 2.33. The molecule has 0 aromatic rings. The molecule has 1 saturated carbocycles. The van der Waals surface area contributed by atoms with Crippen molar-refractivity contribution in [2.24, 2.45) is 11.3 Å². The van der Waals surface area contributed by atoms with E-state index in [0.717, 1.165) is 11.3 Å². The van der Waals surface area contributed by atoms with Gasteiger partial charge >= 0.3 is 0 Å². The molecule has 1 atom stereocenters. The van der Waals surface area contributed by atoms with Crippen molar-refractivity contribution in [2.45, 2.75) is 175 Å². The van der Waals surface area contributed by atoms with Gasteiger partial charge in [0, 0.05) is 0 Å². The molecule has 0 saturated heterocycles. The van der Waals surface area contributed by atoms with Crippen LogP contribution in [-0.2, 0) is 0 Å². The van der Waals surface area contributed by atoms with E-state index in [0.29, 0.717) is 0 Å². The van der Waals surface area contributed by atoms with Crippen LogP contribution in [0.3, 0.4) is 0 Å². The lowest BCUT2D eigenvalue weighted by atomic mass is 9.65. The minimum Gasteiger partial charge on any atom is -0.0654 e. The van der Waals surface area contributed by atoms with Crippen LogP contribution >= 0.6 is 0 Å². The normalized spacial score (nSPS) is 17.5. The summed E-state index contributed by atoms with van der Waals surface area (Å²) in [6.07, 6.45) is 35.7. The topological polar surface area (TPSA) is 0 Å². The highest BCUT2D eigenvalue weighted by Crippen LogP contribution is 2.47. The van der Waals surface area contributed by atoms with Gasteiger partial charge in [0.1, 0.15) is 0 Å². The molecule has 1 aliphatic carbocycles. The standard InChI is InChI=1S/C29H58/c1-4-7-9-10-11-12-13-14-15-16-19-24-29(25-20-17-21-26-29)27-28(22-6-3)23-18-8-5-2/h28H,4-27H2,1-3H3. The molecule has 0 spiro atoms. The molecule has 0 bridgehead atoms. The Balaban J connectivity index is 2.24. The summed E-state index contributed by atoms with van der Waals surface area (Å²) >= 11 is 0. The third-order valence-corrected chi connectivity index (χ3v) is 7.86. The van der Waals surface area contributed by atoms with Crippen LogP contribution in [0, 0.1) is 11.3 Å². The number of hydrogen-bond acceptors (Lipinski definition) is 0. The van der Waals surface area contributed by atoms with Crippen molar-refractivity contribution >= 4 is 0 Å². The van der Waals surface area contributed by atoms with Crippen molar-refractivity contribution in [1.29, 1.82) is 0 Å². The average Bonchev–Trinajstić information content (AvgIpc) is 2.73. The van der Waals surface area contributed by atoms with Gasteiger partial charge in [0.05, 0.1) is 0 Å². The first-order valence-electron chi connectivity index (χ1n) is 14.3. The molecule has 1 aliphatic rings. The molecule has 174 valence electrons.